The van der Waals surface area contributed by atoms with Crippen LogP contribution in [0, 0.1) is 5.82 Å². The number of halogens is 1. The maximum atomic E-state index is 13.2. The van der Waals surface area contributed by atoms with Crippen LogP contribution < -0.4 is 0 Å². The number of fused-ring (bicyclic) bond motifs is 1. The maximum absolute atomic E-state index is 13.2. The fraction of sp³-hybridized carbons (Fsp3) is 0.346. The molecule has 1 aromatic carbocycles. The van der Waals surface area contributed by atoms with E-state index in [4.69, 9.17) is 9.97 Å². The van der Waals surface area contributed by atoms with Crippen LogP contribution in [0.25, 0.3) is 22.3 Å². The van der Waals surface area contributed by atoms with E-state index in [0.717, 1.165) is 66.0 Å². The molecule has 0 unspecified atom stereocenters. The number of piperidine rings is 1. The molecule has 1 aliphatic heterocycles. The van der Waals surface area contributed by atoms with Crippen LogP contribution in [0.2, 0.25) is 0 Å². The van der Waals surface area contributed by atoms with Crippen LogP contribution in [0.3, 0.4) is 0 Å². The predicted octanol–water partition coefficient (Wildman–Crippen LogP) is 5.59. The van der Waals surface area contributed by atoms with Gasteiger partial charge >= 0.3 is 0 Å². The van der Waals surface area contributed by atoms with Gasteiger partial charge in [-0.25, -0.2) is 9.37 Å². The van der Waals surface area contributed by atoms with Crippen molar-refractivity contribution in [2.75, 3.05) is 13.1 Å². The molecule has 3 aromatic heterocycles. The lowest BCUT2D eigenvalue weighted by atomic mass is 9.92. The normalized spacial score (nSPS) is 15.6. The molecule has 6 heteroatoms. The molecule has 164 valence electrons. The molecule has 5 rings (SSSR count). The summed E-state index contributed by atoms with van der Waals surface area (Å²) in [5.41, 5.74) is 6.28. The predicted molar refractivity (Wildman–Crippen MR) is 125 cm³/mol. The summed E-state index contributed by atoms with van der Waals surface area (Å²) in [6, 6.07) is 13.4. The summed E-state index contributed by atoms with van der Waals surface area (Å²) in [6.45, 7) is 7.24. The van der Waals surface area contributed by atoms with Crippen molar-refractivity contribution in [2.24, 2.45) is 0 Å². The smallest absolute Gasteiger partial charge is 0.123 e. The fourth-order valence-corrected chi connectivity index (χ4v) is 4.61. The van der Waals surface area contributed by atoms with Crippen molar-refractivity contribution in [1.29, 1.82) is 0 Å². The molecule has 0 amide bonds. The van der Waals surface area contributed by atoms with E-state index >= 15 is 0 Å². The Morgan fingerprint density at radius 1 is 1.09 bits per heavy atom. The molecule has 0 radical (unpaired) electrons. The van der Waals surface area contributed by atoms with Crippen molar-refractivity contribution in [2.45, 2.75) is 45.2 Å². The maximum Gasteiger partial charge on any atom is 0.123 e. The first-order chi connectivity index (χ1) is 15.6. The Hall–Kier alpha value is -3.12. The number of rotatable bonds is 5. The highest BCUT2D eigenvalue weighted by Crippen LogP contribution is 2.34. The first-order valence-electron chi connectivity index (χ1n) is 11.3. The minimum atomic E-state index is -0.181. The van der Waals surface area contributed by atoms with Crippen molar-refractivity contribution < 1.29 is 4.39 Å². The third kappa shape index (κ3) is 4.15. The lowest BCUT2D eigenvalue weighted by molar-refractivity contribution is 0.203. The minimum absolute atomic E-state index is 0.181. The molecule has 0 atom stereocenters. The second-order valence-electron chi connectivity index (χ2n) is 8.93. The van der Waals surface area contributed by atoms with Gasteiger partial charge in [-0.15, -0.1) is 0 Å². The molecule has 0 bridgehead atoms. The number of aromatic nitrogens is 4. The van der Waals surface area contributed by atoms with Gasteiger partial charge in [-0.2, -0.15) is 0 Å². The zero-order valence-electron chi connectivity index (χ0n) is 18.6. The molecule has 1 saturated heterocycles. The number of pyridine rings is 2. The quantitative estimate of drug-likeness (QED) is 0.415. The molecule has 1 aliphatic rings. The summed E-state index contributed by atoms with van der Waals surface area (Å²) in [5, 5.41) is 0. The standard InChI is InChI=1S/C26H28FN5/c1-18(2)32-17-29-26-24(32)14-23(30-25(26)21-4-3-11-28-15-21)20-9-12-31(13-10-20)16-19-5-7-22(27)8-6-19/h3-8,11,14-15,17-18,20H,9-10,12-13,16H2,1-2H3. The summed E-state index contributed by atoms with van der Waals surface area (Å²) in [5.74, 6) is 0.230. The zero-order chi connectivity index (χ0) is 22.1. The number of benzene rings is 1. The van der Waals surface area contributed by atoms with Crippen molar-refractivity contribution in [3.05, 3.63) is 78.3 Å². The lowest BCUT2D eigenvalue weighted by Crippen LogP contribution is -2.32. The van der Waals surface area contributed by atoms with E-state index in [1.54, 1.807) is 18.3 Å². The van der Waals surface area contributed by atoms with Crippen molar-refractivity contribution >= 4 is 11.0 Å². The van der Waals surface area contributed by atoms with Gasteiger partial charge in [0.15, 0.2) is 0 Å². The van der Waals surface area contributed by atoms with Crippen molar-refractivity contribution in [3.63, 3.8) is 0 Å². The van der Waals surface area contributed by atoms with Gasteiger partial charge in [0.05, 0.1) is 17.5 Å². The van der Waals surface area contributed by atoms with Gasteiger partial charge < -0.3 is 4.57 Å². The molecule has 1 fully saturated rings. The van der Waals surface area contributed by atoms with Crippen LogP contribution in [0.4, 0.5) is 4.39 Å². The average Bonchev–Trinajstić information content (AvgIpc) is 3.25. The van der Waals surface area contributed by atoms with E-state index < -0.39 is 0 Å². The summed E-state index contributed by atoms with van der Waals surface area (Å²) in [6.07, 6.45) is 7.69. The van der Waals surface area contributed by atoms with Gasteiger partial charge in [0.2, 0.25) is 0 Å². The van der Waals surface area contributed by atoms with E-state index in [9.17, 15) is 4.39 Å². The molecular weight excluding hydrogens is 401 g/mol. The van der Waals surface area contributed by atoms with E-state index in [0.29, 0.717) is 12.0 Å². The minimum Gasteiger partial charge on any atom is -0.328 e. The van der Waals surface area contributed by atoms with Crippen LogP contribution >= 0.6 is 0 Å². The first kappa shape index (κ1) is 20.8. The van der Waals surface area contributed by atoms with Gasteiger partial charge in [0, 0.05) is 42.2 Å². The molecule has 5 nitrogen and oxygen atoms in total. The number of hydrogen-bond donors (Lipinski definition) is 0. The number of likely N-dealkylation sites (tertiary alicyclic amines) is 1. The third-order valence-electron chi connectivity index (χ3n) is 6.40. The van der Waals surface area contributed by atoms with Gasteiger partial charge in [-0.05, 0) is 75.7 Å². The van der Waals surface area contributed by atoms with E-state index in [2.05, 4.69) is 40.4 Å². The number of hydrogen-bond acceptors (Lipinski definition) is 4. The van der Waals surface area contributed by atoms with Gasteiger partial charge in [-0.3, -0.25) is 14.9 Å². The first-order valence-corrected chi connectivity index (χ1v) is 11.3. The number of nitrogens with zero attached hydrogens (tertiary/aromatic N) is 5. The lowest BCUT2D eigenvalue weighted by Gasteiger charge is -2.32. The molecule has 0 aliphatic carbocycles. The van der Waals surface area contributed by atoms with Gasteiger partial charge in [-0.1, -0.05) is 12.1 Å². The second kappa shape index (κ2) is 8.79. The summed E-state index contributed by atoms with van der Waals surface area (Å²) >= 11 is 0. The highest BCUT2D eigenvalue weighted by molar-refractivity contribution is 5.90. The third-order valence-corrected chi connectivity index (χ3v) is 6.40. The Balaban J connectivity index is 1.41. The van der Waals surface area contributed by atoms with Gasteiger partial charge in [0.25, 0.3) is 0 Å². The molecule has 0 spiro atoms. The summed E-state index contributed by atoms with van der Waals surface area (Å²) in [7, 11) is 0. The topological polar surface area (TPSA) is 46.8 Å². The van der Waals surface area contributed by atoms with E-state index in [1.165, 1.54) is 0 Å². The summed E-state index contributed by atoms with van der Waals surface area (Å²) in [4.78, 5) is 16.6. The molecule has 0 saturated carbocycles. The van der Waals surface area contributed by atoms with Crippen molar-refractivity contribution in [3.8, 4) is 11.3 Å². The van der Waals surface area contributed by atoms with Crippen LogP contribution in [-0.2, 0) is 6.54 Å². The van der Waals surface area contributed by atoms with Crippen LogP contribution in [0.5, 0.6) is 0 Å². The average molecular weight is 430 g/mol. The van der Waals surface area contributed by atoms with Crippen LogP contribution in [0.15, 0.2) is 61.2 Å². The van der Waals surface area contributed by atoms with E-state index in [1.807, 2.05) is 30.7 Å². The summed E-state index contributed by atoms with van der Waals surface area (Å²) < 4.78 is 15.4. The highest BCUT2D eigenvalue weighted by atomic mass is 19.1. The van der Waals surface area contributed by atoms with Gasteiger partial charge in [0.1, 0.15) is 11.3 Å². The Bertz CT molecular complexity index is 1190. The Morgan fingerprint density at radius 3 is 2.56 bits per heavy atom. The van der Waals surface area contributed by atoms with Crippen LogP contribution in [0.1, 0.15) is 49.9 Å². The Morgan fingerprint density at radius 2 is 1.88 bits per heavy atom. The van der Waals surface area contributed by atoms with Crippen LogP contribution in [-0.4, -0.2) is 37.5 Å². The zero-order valence-corrected chi connectivity index (χ0v) is 18.6. The fourth-order valence-electron chi connectivity index (χ4n) is 4.61. The molecule has 0 N–H and O–H groups in total. The Labute approximate surface area is 188 Å². The van der Waals surface area contributed by atoms with E-state index in [-0.39, 0.29) is 5.82 Å². The van der Waals surface area contributed by atoms with Crippen molar-refractivity contribution in [1.82, 2.24) is 24.4 Å². The molecular formula is C26H28FN5. The monoisotopic (exact) mass is 429 g/mol. The Kier molecular flexibility index (Phi) is 5.70. The molecule has 4 heterocycles. The number of imidazole rings is 1. The largest absolute Gasteiger partial charge is 0.328 e. The molecule has 4 aromatic rings. The second-order valence-corrected chi connectivity index (χ2v) is 8.93. The highest BCUT2D eigenvalue weighted by Gasteiger charge is 2.24. The SMILES string of the molecule is CC(C)n1cnc2c(-c3cccnc3)nc(C3CCN(Cc4ccc(F)cc4)CC3)cc21. The molecule has 32 heavy (non-hydrogen) atoms.